The van der Waals surface area contributed by atoms with Crippen LogP contribution < -0.4 is 5.32 Å². The van der Waals surface area contributed by atoms with Crippen LogP contribution in [0.3, 0.4) is 0 Å². The number of benzene rings is 2. The Hall–Kier alpha value is -2.63. The van der Waals surface area contributed by atoms with Gasteiger partial charge >= 0.3 is 0 Å². The minimum absolute atomic E-state index is 0.0826. The van der Waals surface area contributed by atoms with Gasteiger partial charge in [0.05, 0.1) is 4.92 Å². The van der Waals surface area contributed by atoms with Crippen LogP contribution >= 0.6 is 0 Å². The number of aromatic hydroxyl groups is 1. The fraction of sp³-hybridized carbons (Fsp3) is 0.143. The molecule has 0 aromatic heterocycles. The monoisotopic (exact) mass is 276 g/mol. The number of phenolic OH excluding ortho intramolecular Hbond substituents is 1. The number of para-hydroxylation sites is 1. The number of phenols is 1. The first kappa shape index (κ1) is 13.8. The lowest BCUT2D eigenvalue weighted by molar-refractivity contribution is -0.384. The van der Waals surface area contributed by atoms with Crippen molar-refractivity contribution < 1.29 is 14.4 Å². The Balaban J connectivity index is 2.32. The van der Waals surface area contributed by atoms with Crippen LogP contribution in [0.2, 0.25) is 0 Å². The number of nitro groups is 1. The van der Waals surface area contributed by atoms with E-state index in [-0.39, 0.29) is 17.1 Å². The summed E-state index contributed by atoms with van der Waals surface area (Å²) in [5.41, 5.74) is 0.216. The van der Waals surface area contributed by atoms with Gasteiger partial charge in [-0.15, -0.1) is 0 Å². The SMILES string of the molecule is CC(Nc1c(F)cccc1[N+](=O)[O-])c1cccc(O)c1. The van der Waals surface area contributed by atoms with E-state index in [1.54, 1.807) is 19.1 Å². The third-order valence-corrected chi connectivity index (χ3v) is 2.92. The fourth-order valence-corrected chi connectivity index (χ4v) is 1.90. The zero-order valence-electron chi connectivity index (χ0n) is 10.7. The Morgan fingerprint density at radius 2 is 2.00 bits per heavy atom. The molecule has 0 fully saturated rings. The number of halogens is 1. The summed E-state index contributed by atoms with van der Waals surface area (Å²) in [6.07, 6.45) is 0. The van der Waals surface area contributed by atoms with Gasteiger partial charge in [0, 0.05) is 12.1 Å². The zero-order chi connectivity index (χ0) is 14.7. The Labute approximate surface area is 114 Å². The topological polar surface area (TPSA) is 75.4 Å². The molecule has 0 spiro atoms. The number of nitro benzene ring substituents is 1. The van der Waals surface area contributed by atoms with Gasteiger partial charge in [-0.05, 0) is 30.7 Å². The molecule has 0 aliphatic rings. The van der Waals surface area contributed by atoms with Crippen molar-refractivity contribution in [1.29, 1.82) is 0 Å². The maximum Gasteiger partial charge on any atom is 0.295 e. The third kappa shape index (κ3) is 2.85. The van der Waals surface area contributed by atoms with E-state index < -0.39 is 16.8 Å². The van der Waals surface area contributed by atoms with Gasteiger partial charge in [0.25, 0.3) is 5.69 Å². The van der Waals surface area contributed by atoms with Crippen molar-refractivity contribution >= 4 is 11.4 Å². The minimum Gasteiger partial charge on any atom is -0.508 e. The molecule has 2 aromatic carbocycles. The van der Waals surface area contributed by atoms with Crippen LogP contribution in [0.5, 0.6) is 5.75 Å². The van der Waals surface area contributed by atoms with E-state index in [0.717, 1.165) is 6.07 Å². The Morgan fingerprint density at radius 1 is 1.30 bits per heavy atom. The van der Waals surface area contributed by atoms with Crippen LogP contribution in [0.15, 0.2) is 42.5 Å². The van der Waals surface area contributed by atoms with Crippen molar-refractivity contribution in [3.8, 4) is 5.75 Å². The summed E-state index contributed by atoms with van der Waals surface area (Å²) < 4.78 is 13.7. The molecule has 0 saturated carbocycles. The van der Waals surface area contributed by atoms with Crippen molar-refractivity contribution in [1.82, 2.24) is 0 Å². The normalized spacial score (nSPS) is 11.9. The Kier molecular flexibility index (Phi) is 3.84. The largest absolute Gasteiger partial charge is 0.508 e. The standard InChI is InChI=1S/C14H13FN2O3/c1-9(10-4-2-5-11(18)8-10)16-14-12(15)6-3-7-13(14)17(19)20/h2-9,16,18H,1H3. The number of nitrogens with zero attached hydrogens (tertiary/aromatic N) is 1. The summed E-state index contributed by atoms with van der Waals surface area (Å²) in [6, 6.07) is 9.72. The molecule has 2 rings (SSSR count). The fourth-order valence-electron chi connectivity index (χ4n) is 1.90. The minimum atomic E-state index is -0.689. The van der Waals surface area contributed by atoms with E-state index in [0.29, 0.717) is 5.56 Å². The summed E-state index contributed by atoms with van der Waals surface area (Å²) in [6.45, 7) is 1.73. The van der Waals surface area contributed by atoms with E-state index in [1.807, 2.05) is 0 Å². The second-order valence-corrected chi connectivity index (χ2v) is 4.35. The van der Waals surface area contributed by atoms with E-state index in [4.69, 9.17) is 0 Å². The van der Waals surface area contributed by atoms with Gasteiger partial charge in [-0.3, -0.25) is 10.1 Å². The quantitative estimate of drug-likeness (QED) is 0.660. The van der Waals surface area contributed by atoms with Crippen molar-refractivity contribution in [3.63, 3.8) is 0 Å². The molecule has 20 heavy (non-hydrogen) atoms. The summed E-state index contributed by atoms with van der Waals surface area (Å²) in [5, 5.41) is 23.1. The molecule has 5 nitrogen and oxygen atoms in total. The predicted octanol–water partition coefficient (Wildman–Crippen LogP) is 3.61. The first-order valence-electron chi connectivity index (χ1n) is 5.97. The van der Waals surface area contributed by atoms with E-state index in [1.165, 1.54) is 24.3 Å². The van der Waals surface area contributed by atoms with E-state index in [9.17, 15) is 19.6 Å². The highest BCUT2D eigenvalue weighted by Gasteiger charge is 2.19. The molecular formula is C14H13FN2O3. The highest BCUT2D eigenvalue weighted by Crippen LogP contribution is 2.31. The lowest BCUT2D eigenvalue weighted by atomic mass is 10.1. The van der Waals surface area contributed by atoms with Gasteiger partial charge in [-0.1, -0.05) is 18.2 Å². The number of hydrogen-bond donors (Lipinski definition) is 2. The van der Waals surface area contributed by atoms with Crippen LogP contribution in [-0.4, -0.2) is 10.0 Å². The highest BCUT2D eigenvalue weighted by molar-refractivity contribution is 5.63. The second kappa shape index (κ2) is 5.56. The van der Waals surface area contributed by atoms with Crippen LogP contribution in [0.1, 0.15) is 18.5 Å². The van der Waals surface area contributed by atoms with Crippen LogP contribution in [0.25, 0.3) is 0 Å². The number of rotatable bonds is 4. The third-order valence-electron chi connectivity index (χ3n) is 2.92. The molecule has 6 heteroatoms. The lowest BCUT2D eigenvalue weighted by Crippen LogP contribution is -2.09. The van der Waals surface area contributed by atoms with Crippen molar-refractivity contribution in [3.05, 3.63) is 64.0 Å². The van der Waals surface area contributed by atoms with Gasteiger partial charge in [0.1, 0.15) is 11.4 Å². The maximum atomic E-state index is 13.7. The van der Waals surface area contributed by atoms with Gasteiger partial charge < -0.3 is 10.4 Å². The number of hydrogen-bond acceptors (Lipinski definition) is 4. The molecule has 104 valence electrons. The van der Waals surface area contributed by atoms with E-state index in [2.05, 4.69) is 5.32 Å². The Morgan fingerprint density at radius 3 is 2.65 bits per heavy atom. The molecule has 2 aromatic rings. The summed E-state index contributed by atoms with van der Waals surface area (Å²) >= 11 is 0. The summed E-state index contributed by atoms with van der Waals surface area (Å²) in [5.74, 6) is -0.606. The first-order chi connectivity index (χ1) is 9.49. The predicted molar refractivity (Wildman–Crippen MR) is 73.2 cm³/mol. The van der Waals surface area contributed by atoms with Crippen LogP contribution in [0, 0.1) is 15.9 Å². The summed E-state index contributed by atoms with van der Waals surface area (Å²) in [4.78, 5) is 10.3. The summed E-state index contributed by atoms with van der Waals surface area (Å²) in [7, 11) is 0. The molecule has 0 saturated heterocycles. The molecule has 0 bridgehead atoms. The van der Waals surface area contributed by atoms with E-state index >= 15 is 0 Å². The maximum absolute atomic E-state index is 13.7. The average molecular weight is 276 g/mol. The van der Waals surface area contributed by atoms with Crippen LogP contribution in [-0.2, 0) is 0 Å². The smallest absolute Gasteiger partial charge is 0.295 e. The lowest BCUT2D eigenvalue weighted by Gasteiger charge is -2.16. The molecule has 0 amide bonds. The van der Waals surface area contributed by atoms with Gasteiger partial charge in [0.15, 0.2) is 5.82 Å². The molecule has 1 atom stereocenters. The molecule has 0 heterocycles. The van der Waals surface area contributed by atoms with Gasteiger partial charge in [0.2, 0.25) is 0 Å². The molecular weight excluding hydrogens is 263 g/mol. The van der Waals surface area contributed by atoms with Crippen molar-refractivity contribution in [2.45, 2.75) is 13.0 Å². The highest BCUT2D eigenvalue weighted by atomic mass is 19.1. The number of nitrogens with one attached hydrogen (secondary N) is 1. The van der Waals surface area contributed by atoms with Crippen molar-refractivity contribution in [2.24, 2.45) is 0 Å². The molecule has 2 N–H and O–H groups in total. The first-order valence-corrected chi connectivity index (χ1v) is 5.97. The second-order valence-electron chi connectivity index (χ2n) is 4.35. The van der Waals surface area contributed by atoms with Crippen molar-refractivity contribution in [2.75, 3.05) is 5.32 Å². The van der Waals surface area contributed by atoms with Gasteiger partial charge in [-0.25, -0.2) is 4.39 Å². The van der Waals surface area contributed by atoms with Gasteiger partial charge in [-0.2, -0.15) is 0 Å². The molecule has 1 unspecified atom stereocenters. The van der Waals surface area contributed by atoms with Crippen LogP contribution in [0.4, 0.5) is 15.8 Å². The number of anilines is 1. The molecule has 0 radical (unpaired) electrons. The zero-order valence-corrected chi connectivity index (χ0v) is 10.7. The Bertz CT molecular complexity index is 646. The molecule has 0 aliphatic heterocycles. The average Bonchev–Trinajstić information content (AvgIpc) is 2.40. The molecule has 0 aliphatic carbocycles.